The van der Waals surface area contributed by atoms with Gasteiger partial charge in [0.25, 0.3) is 5.91 Å². The highest BCUT2D eigenvalue weighted by Gasteiger charge is 2.38. The van der Waals surface area contributed by atoms with Crippen molar-refractivity contribution < 1.29 is 23.1 Å². The van der Waals surface area contributed by atoms with Crippen LogP contribution in [-0.4, -0.2) is 45.8 Å². The molecule has 1 aromatic heterocycles. The van der Waals surface area contributed by atoms with Gasteiger partial charge in [-0.05, 0) is 19.3 Å². The number of hydrogen-bond acceptors (Lipinski definition) is 3. The summed E-state index contributed by atoms with van der Waals surface area (Å²) in [5, 5.41) is 15.0. The number of likely N-dealkylation sites (tertiary alicyclic amines) is 1. The molecule has 0 saturated carbocycles. The molecule has 1 amide bonds. The van der Waals surface area contributed by atoms with Crippen molar-refractivity contribution in [1.29, 1.82) is 0 Å². The second-order valence-corrected chi connectivity index (χ2v) is 5.90. The first-order valence-corrected chi connectivity index (χ1v) is 7.34. The Balaban J connectivity index is 2.13. The largest absolute Gasteiger partial charge is 0.432 e. The number of aromatic nitrogens is 2. The van der Waals surface area contributed by atoms with E-state index in [9.17, 15) is 23.1 Å². The maximum Gasteiger partial charge on any atom is 0.432 e. The number of nitrogens with zero attached hydrogens (tertiary/aromatic N) is 2. The molecule has 5 nitrogen and oxygen atoms in total. The first-order chi connectivity index (χ1) is 10.3. The summed E-state index contributed by atoms with van der Waals surface area (Å²) in [4.78, 5) is 13.8. The molecule has 1 unspecified atom stereocenters. The quantitative estimate of drug-likeness (QED) is 0.895. The van der Waals surface area contributed by atoms with Crippen molar-refractivity contribution in [2.45, 2.75) is 38.8 Å². The minimum Gasteiger partial charge on any atom is -0.396 e. The van der Waals surface area contributed by atoms with Crippen LogP contribution in [0.2, 0.25) is 0 Å². The third-order valence-electron chi connectivity index (χ3n) is 4.17. The van der Waals surface area contributed by atoms with Crippen molar-refractivity contribution in [2.24, 2.45) is 5.41 Å². The van der Waals surface area contributed by atoms with E-state index in [-0.39, 0.29) is 17.7 Å². The maximum atomic E-state index is 12.6. The molecule has 0 bridgehead atoms. The van der Waals surface area contributed by atoms with E-state index in [0.717, 1.165) is 31.7 Å². The predicted molar refractivity (Wildman–Crippen MR) is 73.2 cm³/mol. The third kappa shape index (κ3) is 3.43. The number of hydrogen-bond donors (Lipinski definition) is 2. The van der Waals surface area contributed by atoms with Crippen LogP contribution in [0, 0.1) is 5.41 Å². The number of carbonyl (C=O) groups excluding carboxylic acids is 1. The number of nitrogens with one attached hydrogen (secondary N) is 1. The summed E-state index contributed by atoms with van der Waals surface area (Å²) < 4.78 is 37.7. The van der Waals surface area contributed by atoms with Crippen LogP contribution in [0.15, 0.2) is 6.07 Å². The Kier molecular flexibility index (Phi) is 4.79. The first-order valence-electron chi connectivity index (χ1n) is 7.34. The molecule has 1 atom stereocenters. The number of carbonyl (C=O) groups is 1. The van der Waals surface area contributed by atoms with Crippen molar-refractivity contribution in [3.05, 3.63) is 17.5 Å². The fraction of sp³-hybridized carbons (Fsp3) is 0.714. The van der Waals surface area contributed by atoms with Gasteiger partial charge in [0.1, 0.15) is 5.69 Å². The molecule has 2 heterocycles. The second kappa shape index (κ2) is 6.28. The summed E-state index contributed by atoms with van der Waals surface area (Å²) in [5.74, 6) is -0.527. The molecule has 1 aromatic rings. The zero-order valence-electron chi connectivity index (χ0n) is 12.4. The van der Waals surface area contributed by atoms with Crippen molar-refractivity contribution in [2.75, 3.05) is 19.7 Å². The van der Waals surface area contributed by atoms with E-state index in [1.807, 2.05) is 12.0 Å². The maximum absolute atomic E-state index is 12.6. The van der Waals surface area contributed by atoms with Gasteiger partial charge in [-0.1, -0.05) is 13.3 Å². The number of amides is 1. The molecule has 1 aliphatic rings. The lowest BCUT2D eigenvalue weighted by Gasteiger charge is -2.41. The lowest BCUT2D eigenvalue weighted by Crippen LogP contribution is -2.48. The summed E-state index contributed by atoms with van der Waals surface area (Å²) in [6.07, 6.45) is -1.35. The molecule has 2 rings (SSSR count). The molecule has 8 heteroatoms. The molecule has 124 valence electrons. The number of piperidine rings is 1. The minimum atomic E-state index is -4.55. The lowest BCUT2D eigenvalue weighted by molar-refractivity contribution is -0.141. The van der Waals surface area contributed by atoms with Gasteiger partial charge in [0.2, 0.25) is 0 Å². The van der Waals surface area contributed by atoms with Crippen LogP contribution in [-0.2, 0) is 6.18 Å². The van der Waals surface area contributed by atoms with Crippen molar-refractivity contribution in [3.8, 4) is 0 Å². The monoisotopic (exact) mass is 319 g/mol. The zero-order valence-corrected chi connectivity index (χ0v) is 12.4. The van der Waals surface area contributed by atoms with Gasteiger partial charge in [0, 0.05) is 24.6 Å². The molecule has 1 fully saturated rings. The van der Waals surface area contributed by atoms with Crippen LogP contribution in [0.5, 0.6) is 0 Å². The van der Waals surface area contributed by atoms with Crippen LogP contribution < -0.4 is 0 Å². The van der Waals surface area contributed by atoms with E-state index in [1.165, 1.54) is 4.90 Å². The number of rotatable bonds is 4. The van der Waals surface area contributed by atoms with Crippen LogP contribution in [0.3, 0.4) is 0 Å². The Hall–Kier alpha value is -1.57. The summed E-state index contributed by atoms with van der Waals surface area (Å²) in [6, 6.07) is 0.734. The Morgan fingerprint density at radius 1 is 1.55 bits per heavy atom. The van der Waals surface area contributed by atoms with Gasteiger partial charge in [-0.3, -0.25) is 9.89 Å². The molecule has 22 heavy (non-hydrogen) atoms. The average Bonchev–Trinajstić information content (AvgIpc) is 2.97. The van der Waals surface area contributed by atoms with Gasteiger partial charge in [0.15, 0.2) is 5.69 Å². The molecule has 0 spiro atoms. The summed E-state index contributed by atoms with van der Waals surface area (Å²) in [5.41, 5.74) is -1.63. The van der Waals surface area contributed by atoms with Crippen LogP contribution in [0.25, 0.3) is 0 Å². The molecule has 2 N–H and O–H groups in total. The van der Waals surface area contributed by atoms with E-state index in [4.69, 9.17) is 0 Å². The molecule has 0 aliphatic carbocycles. The highest BCUT2D eigenvalue weighted by atomic mass is 19.4. The number of aliphatic hydroxyl groups is 1. The Morgan fingerprint density at radius 3 is 2.82 bits per heavy atom. The van der Waals surface area contributed by atoms with E-state index < -0.39 is 17.8 Å². The van der Waals surface area contributed by atoms with E-state index >= 15 is 0 Å². The van der Waals surface area contributed by atoms with Crippen LogP contribution in [0.4, 0.5) is 13.2 Å². The standard InChI is InChI=1S/C14H20F3N3O2/c1-2-4-13(9-21)5-3-6-20(8-13)12(22)10-7-11(19-18-10)14(15,16)17/h7,21H,2-6,8-9H2,1H3,(H,18,19). The van der Waals surface area contributed by atoms with Gasteiger partial charge < -0.3 is 10.0 Å². The average molecular weight is 319 g/mol. The molecule has 1 aliphatic heterocycles. The van der Waals surface area contributed by atoms with Gasteiger partial charge in [-0.15, -0.1) is 0 Å². The first kappa shape index (κ1) is 16.8. The van der Waals surface area contributed by atoms with E-state index in [2.05, 4.69) is 5.10 Å². The Labute approximate surface area is 126 Å². The fourth-order valence-corrected chi connectivity index (χ4v) is 3.06. The van der Waals surface area contributed by atoms with Crippen molar-refractivity contribution in [3.63, 3.8) is 0 Å². The normalized spacial score (nSPS) is 22.9. The molecular formula is C14H20F3N3O2. The van der Waals surface area contributed by atoms with Crippen LogP contribution in [0.1, 0.15) is 48.8 Å². The highest BCUT2D eigenvalue weighted by molar-refractivity contribution is 5.92. The minimum absolute atomic E-state index is 0.0288. The van der Waals surface area contributed by atoms with Crippen LogP contribution >= 0.6 is 0 Å². The molecule has 1 saturated heterocycles. The predicted octanol–water partition coefficient (Wildman–Crippen LogP) is 2.44. The summed E-state index contributed by atoms with van der Waals surface area (Å²) >= 11 is 0. The summed E-state index contributed by atoms with van der Waals surface area (Å²) in [7, 11) is 0. The van der Waals surface area contributed by atoms with Gasteiger partial charge in [-0.25, -0.2) is 0 Å². The van der Waals surface area contributed by atoms with Gasteiger partial charge >= 0.3 is 6.18 Å². The number of halogens is 3. The smallest absolute Gasteiger partial charge is 0.396 e. The Morgan fingerprint density at radius 2 is 2.27 bits per heavy atom. The number of aromatic amines is 1. The number of H-pyrrole nitrogens is 1. The third-order valence-corrected chi connectivity index (χ3v) is 4.17. The van der Waals surface area contributed by atoms with Crippen molar-refractivity contribution in [1.82, 2.24) is 15.1 Å². The second-order valence-electron chi connectivity index (χ2n) is 5.90. The SMILES string of the molecule is CCCC1(CO)CCCN(C(=O)c2cc(C(F)(F)F)[nH]n2)C1. The molecule has 0 aromatic carbocycles. The number of aliphatic hydroxyl groups excluding tert-OH is 1. The van der Waals surface area contributed by atoms with Gasteiger partial charge in [0.05, 0.1) is 6.61 Å². The fourth-order valence-electron chi connectivity index (χ4n) is 3.06. The Bertz CT molecular complexity index is 526. The number of alkyl halides is 3. The topological polar surface area (TPSA) is 69.2 Å². The zero-order chi connectivity index (χ0) is 16.4. The lowest BCUT2D eigenvalue weighted by atomic mass is 9.77. The summed E-state index contributed by atoms with van der Waals surface area (Å²) in [6.45, 7) is 2.80. The van der Waals surface area contributed by atoms with E-state index in [1.54, 1.807) is 0 Å². The highest BCUT2D eigenvalue weighted by Crippen LogP contribution is 2.35. The van der Waals surface area contributed by atoms with E-state index in [0.29, 0.717) is 13.1 Å². The molecular weight excluding hydrogens is 299 g/mol. The van der Waals surface area contributed by atoms with Crippen molar-refractivity contribution >= 4 is 5.91 Å². The van der Waals surface area contributed by atoms with Gasteiger partial charge in [-0.2, -0.15) is 18.3 Å². The molecule has 0 radical (unpaired) electrons.